The second-order valence-corrected chi connectivity index (χ2v) is 6.54. The van der Waals surface area contributed by atoms with Crippen molar-refractivity contribution >= 4 is 43.2 Å². The Morgan fingerprint density at radius 2 is 2.10 bits per heavy atom. The molecule has 4 rings (SSSR count). The van der Waals surface area contributed by atoms with Gasteiger partial charge in [0.05, 0.1) is 26.9 Å². The Morgan fingerprint density at radius 1 is 1.20 bits per heavy atom. The summed E-state index contributed by atoms with van der Waals surface area (Å²) in [6, 6.07) is 14.2. The first-order chi connectivity index (χ1) is 9.81. The summed E-state index contributed by atoms with van der Waals surface area (Å²) in [5, 5.41) is 4.42. The smallest absolute Gasteiger partial charge is 0.167 e. The fourth-order valence-electron chi connectivity index (χ4n) is 2.32. The number of nitrogens with zero attached hydrogens (tertiary/aromatic N) is 1. The first-order valence-electron chi connectivity index (χ1n) is 6.36. The summed E-state index contributed by atoms with van der Waals surface area (Å²) in [6.07, 6.45) is -0.0430. The molecule has 0 bridgehead atoms. The third-order valence-corrected chi connectivity index (χ3v) is 5.04. The number of halogens is 1. The van der Waals surface area contributed by atoms with Gasteiger partial charge in [0.15, 0.2) is 11.9 Å². The highest BCUT2D eigenvalue weighted by Crippen LogP contribution is 2.40. The number of ether oxygens (including phenoxy) is 1. The number of aromatic nitrogens is 1. The van der Waals surface area contributed by atoms with Gasteiger partial charge in [-0.1, -0.05) is 18.2 Å². The zero-order chi connectivity index (χ0) is 13.5. The van der Waals surface area contributed by atoms with Crippen LogP contribution in [0.15, 0.2) is 46.9 Å². The van der Waals surface area contributed by atoms with Gasteiger partial charge in [0.2, 0.25) is 0 Å². The Bertz CT molecular complexity index is 753. The molecule has 1 aromatic heterocycles. The lowest BCUT2D eigenvalue weighted by atomic mass is 10.2. The second kappa shape index (κ2) is 4.75. The summed E-state index contributed by atoms with van der Waals surface area (Å²) >= 11 is 5.23. The Kier molecular flexibility index (Phi) is 2.89. The Balaban J connectivity index is 1.72. The molecule has 0 radical (unpaired) electrons. The van der Waals surface area contributed by atoms with Crippen molar-refractivity contribution in [1.29, 1.82) is 0 Å². The molecule has 100 valence electrons. The molecule has 2 heterocycles. The number of nitrogens with one attached hydrogen (secondary N) is 1. The summed E-state index contributed by atoms with van der Waals surface area (Å²) in [7, 11) is 0. The third kappa shape index (κ3) is 1.98. The van der Waals surface area contributed by atoms with Crippen LogP contribution in [0.25, 0.3) is 10.2 Å². The molecule has 0 saturated heterocycles. The SMILES string of the molecule is Brc1cccc2c1OC(c1nc3ccccc3s1)CN2. The van der Waals surface area contributed by atoms with Crippen molar-refractivity contribution in [2.75, 3.05) is 11.9 Å². The molecule has 0 aliphatic carbocycles. The highest BCUT2D eigenvalue weighted by atomic mass is 79.9. The average molecular weight is 347 g/mol. The van der Waals surface area contributed by atoms with Crippen LogP contribution in [0.1, 0.15) is 11.1 Å². The largest absolute Gasteiger partial charge is 0.478 e. The van der Waals surface area contributed by atoms with Crippen LogP contribution in [0, 0.1) is 0 Å². The molecule has 0 spiro atoms. The fraction of sp³-hybridized carbons (Fsp3) is 0.133. The second-order valence-electron chi connectivity index (χ2n) is 4.62. The van der Waals surface area contributed by atoms with Crippen LogP contribution in [0.5, 0.6) is 5.75 Å². The predicted octanol–water partition coefficient (Wildman–Crippen LogP) is 4.60. The molecule has 0 saturated carbocycles. The maximum Gasteiger partial charge on any atom is 0.167 e. The number of rotatable bonds is 1. The molecule has 1 atom stereocenters. The minimum atomic E-state index is -0.0430. The third-order valence-electron chi connectivity index (χ3n) is 3.29. The summed E-state index contributed by atoms with van der Waals surface area (Å²) < 4.78 is 8.28. The number of hydrogen-bond acceptors (Lipinski definition) is 4. The van der Waals surface area contributed by atoms with Crippen LogP contribution >= 0.6 is 27.3 Å². The molecule has 0 fully saturated rings. The van der Waals surface area contributed by atoms with Gasteiger partial charge in [-0.3, -0.25) is 0 Å². The number of fused-ring (bicyclic) bond motifs is 2. The minimum Gasteiger partial charge on any atom is -0.478 e. The lowest BCUT2D eigenvalue weighted by molar-refractivity contribution is 0.209. The van der Waals surface area contributed by atoms with Gasteiger partial charge in [-0.05, 0) is 40.2 Å². The first kappa shape index (κ1) is 12.2. The van der Waals surface area contributed by atoms with Crippen LogP contribution in [-0.4, -0.2) is 11.5 Å². The van der Waals surface area contributed by atoms with E-state index in [-0.39, 0.29) is 6.10 Å². The van der Waals surface area contributed by atoms with E-state index < -0.39 is 0 Å². The van der Waals surface area contributed by atoms with Crippen LogP contribution in [0.3, 0.4) is 0 Å². The zero-order valence-electron chi connectivity index (χ0n) is 10.5. The van der Waals surface area contributed by atoms with Crippen molar-refractivity contribution < 1.29 is 4.74 Å². The van der Waals surface area contributed by atoms with Crippen molar-refractivity contribution in [3.8, 4) is 5.75 Å². The lowest BCUT2D eigenvalue weighted by Gasteiger charge is -2.26. The lowest BCUT2D eigenvalue weighted by Crippen LogP contribution is -2.23. The van der Waals surface area contributed by atoms with Crippen molar-refractivity contribution in [1.82, 2.24) is 4.98 Å². The molecule has 2 aromatic carbocycles. The standard InChI is InChI=1S/C15H11BrN2OS/c16-9-4-3-6-11-14(9)19-12(8-17-11)15-18-10-5-1-2-7-13(10)20-15/h1-7,12,17H,8H2. The van der Waals surface area contributed by atoms with Crippen LogP contribution in [0.4, 0.5) is 5.69 Å². The van der Waals surface area contributed by atoms with Gasteiger partial charge in [0, 0.05) is 0 Å². The van der Waals surface area contributed by atoms with E-state index in [2.05, 4.69) is 32.3 Å². The maximum absolute atomic E-state index is 6.12. The van der Waals surface area contributed by atoms with Gasteiger partial charge in [0.1, 0.15) is 5.01 Å². The van der Waals surface area contributed by atoms with Gasteiger partial charge in [-0.25, -0.2) is 4.98 Å². The van der Waals surface area contributed by atoms with E-state index in [0.717, 1.165) is 33.0 Å². The number of benzene rings is 2. The topological polar surface area (TPSA) is 34.1 Å². The van der Waals surface area contributed by atoms with Gasteiger partial charge in [-0.2, -0.15) is 0 Å². The summed E-state index contributed by atoms with van der Waals surface area (Å²) in [6.45, 7) is 0.739. The quantitative estimate of drug-likeness (QED) is 0.698. The monoisotopic (exact) mass is 346 g/mol. The molecular weight excluding hydrogens is 336 g/mol. The molecule has 20 heavy (non-hydrogen) atoms. The average Bonchev–Trinajstić information content (AvgIpc) is 2.91. The van der Waals surface area contributed by atoms with Crippen LogP contribution in [0.2, 0.25) is 0 Å². The molecule has 5 heteroatoms. The van der Waals surface area contributed by atoms with Crippen molar-refractivity contribution in [2.45, 2.75) is 6.10 Å². The Labute approximate surface area is 128 Å². The molecule has 1 unspecified atom stereocenters. The van der Waals surface area contributed by atoms with E-state index in [4.69, 9.17) is 4.74 Å². The maximum atomic E-state index is 6.12. The molecule has 0 amide bonds. The fourth-order valence-corrected chi connectivity index (χ4v) is 3.78. The molecule has 3 nitrogen and oxygen atoms in total. The highest BCUT2D eigenvalue weighted by Gasteiger charge is 2.25. The normalized spacial score (nSPS) is 17.4. The molecule has 1 aliphatic heterocycles. The van der Waals surface area contributed by atoms with Crippen molar-refractivity contribution in [3.63, 3.8) is 0 Å². The van der Waals surface area contributed by atoms with Crippen molar-refractivity contribution in [3.05, 3.63) is 51.9 Å². The summed E-state index contributed by atoms with van der Waals surface area (Å²) in [5.41, 5.74) is 2.06. The van der Waals surface area contributed by atoms with E-state index in [1.165, 1.54) is 4.70 Å². The van der Waals surface area contributed by atoms with E-state index in [0.29, 0.717) is 0 Å². The summed E-state index contributed by atoms with van der Waals surface area (Å²) in [5.74, 6) is 0.864. The van der Waals surface area contributed by atoms with E-state index in [1.54, 1.807) is 11.3 Å². The van der Waals surface area contributed by atoms with E-state index in [1.807, 2.05) is 36.4 Å². The Morgan fingerprint density at radius 3 is 3.00 bits per heavy atom. The van der Waals surface area contributed by atoms with Gasteiger partial charge < -0.3 is 10.1 Å². The van der Waals surface area contributed by atoms with E-state index in [9.17, 15) is 0 Å². The van der Waals surface area contributed by atoms with Gasteiger partial charge >= 0.3 is 0 Å². The van der Waals surface area contributed by atoms with Crippen LogP contribution in [-0.2, 0) is 0 Å². The number of hydrogen-bond donors (Lipinski definition) is 1. The summed E-state index contributed by atoms with van der Waals surface area (Å²) in [4.78, 5) is 4.68. The number of thiazole rings is 1. The predicted molar refractivity (Wildman–Crippen MR) is 85.6 cm³/mol. The highest BCUT2D eigenvalue weighted by molar-refractivity contribution is 9.10. The number of para-hydroxylation sites is 2. The van der Waals surface area contributed by atoms with Gasteiger partial charge in [-0.15, -0.1) is 11.3 Å². The molecule has 3 aromatic rings. The zero-order valence-corrected chi connectivity index (χ0v) is 12.9. The minimum absolute atomic E-state index is 0.0430. The Hall–Kier alpha value is -1.59. The molecule has 1 aliphatic rings. The number of anilines is 1. The van der Waals surface area contributed by atoms with Gasteiger partial charge in [0.25, 0.3) is 0 Å². The molecular formula is C15H11BrN2OS. The van der Waals surface area contributed by atoms with Crippen molar-refractivity contribution in [2.24, 2.45) is 0 Å². The first-order valence-corrected chi connectivity index (χ1v) is 7.97. The van der Waals surface area contributed by atoms with E-state index >= 15 is 0 Å². The molecule has 1 N–H and O–H groups in total. The van der Waals surface area contributed by atoms with Crippen LogP contribution < -0.4 is 10.1 Å².